The topological polar surface area (TPSA) is 110 Å². The summed E-state index contributed by atoms with van der Waals surface area (Å²) < 4.78 is 5.30. The van der Waals surface area contributed by atoms with Crippen molar-refractivity contribution in [3.8, 4) is 5.75 Å². The molecule has 6 nitrogen and oxygen atoms in total. The van der Waals surface area contributed by atoms with E-state index >= 15 is 0 Å². The molecule has 2 aromatic rings. The molecule has 0 aromatic heterocycles. The van der Waals surface area contributed by atoms with Crippen LogP contribution in [0, 0.1) is 11.8 Å². The molecule has 0 heterocycles. The molecule has 142 valence electrons. The van der Waals surface area contributed by atoms with Crippen LogP contribution >= 0.6 is 0 Å². The molecule has 2 aromatic carbocycles. The van der Waals surface area contributed by atoms with E-state index in [1.54, 1.807) is 7.11 Å². The lowest BCUT2D eigenvalue weighted by molar-refractivity contribution is -0.145. The van der Waals surface area contributed by atoms with Gasteiger partial charge in [0.05, 0.1) is 13.0 Å². The summed E-state index contributed by atoms with van der Waals surface area (Å²) in [5.74, 6) is -3.07. The summed E-state index contributed by atoms with van der Waals surface area (Å²) in [6.07, 6.45) is 0.395. The highest BCUT2D eigenvalue weighted by Gasteiger charge is 2.59. The summed E-state index contributed by atoms with van der Waals surface area (Å²) in [5.41, 5.74) is 6.51. The van der Waals surface area contributed by atoms with Crippen LogP contribution in [0.15, 0.2) is 54.6 Å². The fraction of sp³-hybridized carbons (Fsp3) is 0.333. The van der Waals surface area contributed by atoms with Gasteiger partial charge in [-0.25, -0.2) is 0 Å². The molecule has 1 aliphatic rings. The maximum Gasteiger partial charge on any atom is 0.324 e. The molecule has 4 atom stereocenters. The summed E-state index contributed by atoms with van der Waals surface area (Å²) in [6, 6.07) is 16.9. The van der Waals surface area contributed by atoms with Crippen LogP contribution in [0.5, 0.6) is 5.75 Å². The van der Waals surface area contributed by atoms with Gasteiger partial charge in [-0.2, -0.15) is 0 Å². The molecule has 0 spiro atoms. The van der Waals surface area contributed by atoms with Gasteiger partial charge < -0.3 is 20.7 Å². The smallest absolute Gasteiger partial charge is 0.324 e. The first-order valence-electron chi connectivity index (χ1n) is 8.80. The number of aliphatic carboxylic acids is 2. The Balaban J connectivity index is 2.00. The van der Waals surface area contributed by atoms with E-state index < -0.39 is 29.3 Å². The van der Waals surface area contributed by atoms with Gasteiger partial charge in [-0.1, -0.05) is 42.5 Å². The molecular formula is C21H23NO5. The van der Waals surface area contributed by atoms with E-state index in [2.05, 4.69) is 0 Å². The van der Waals surface area contributed by atoms with Gasteiger partial charge >= 0.3 is 11.9 Å². The second-order valence-corrected chi connectivity index (χ2v) is 7.08. The van der Waals surface area contributed by atoms with E-state index in [0.717, 1.165) is 11.1 Å². The lowest BCUT2D eigenvalue weighted by atomic mass is 9.77. The molecule has 0 saturated heterocycles. The van der Waals surface area contributed by atoms with Crippen molar-refractivity contribution in [3.05, 3.63) is 65.7 Å². The molecular weight excluding hydrogens is 346 g/mol. The lowest BCUT2D eigenvalue weighted by Crippen LogP contribution is -2.52. The van der Waals surface area contributed by atoms with Crippen molar-refractivity contribution < 1.29 is 24.5 Å². The molecule has 1 aliphatic carbocycles. The van der Waals surface area contributed by atoms with Crippen LogP contribution in [0.25, 0.3) is 0 Å². The minimum atomic E-state index is -1.62. The van der Waals surface area contributed by atoms with Gasteiger partial charge in [0.1, 0.15) is 11.3 Å². The lowest BCUT2D eigenvalue weighted by Gasteiger charge is -2.30. The highest BCUT2D eigenvalue weighted by atomic mass is 16.5. The van der Waals surface area contributed by atoms with Crippen molar-refractivity contribution in [2.24, 2.45) is 17.6 Å². The van der Waals surface area contributed by atoms with Crippen LogP contribution in [0.4, 0.5) is 0 Å². The summed E-state index contributed by atoms with van der Waals surface area (Å²) in [4.78, 5) is 23.3. The average Bonchev–Trinajstić information content (AvgIpc) is 3.48. The third kappa shape index (κ3) is 3.80. The van der Waals surface area contributed by atoms with Crippen molar-refractivity contribution in [2.75, 3.05) is 7.11 Å². The SMILES string of the molecule is COc1cccc(C(CC(N)(C(=O)O)C2CC2C(=O)O)c2ccccc2)c1. The first-order chi connectivity index (χ1) is 12.9. The van der Waals surface area contributed by atoms with Crippen molar-refractivity contribution in [2.45, 2.75) is 24.3 Å². The van der Waals surface area contributed by atoms with E-state index in [-0.39, 0.29) is 18.8 Å². The number of hydrogen-bond donors (Lipinski definition) is 3. The van der Waals surface area contributed by atoms with Crippen LogP contribution in [-0.4, -0.2) is 34.8 Å². The maximum atomic E-state index is 12.0. The zero-order chi connectivity index (χ0) is 19.6. The molecule has 3 rings (SSSR count). The Hall–Kier alpha value is -2.86. The minimum Gasteiger partial charge on any atom is -0.497 e. The first kappa shape index (κ1) is 18.9. The number of ether oxygens (including phenoxy) is 1. The number of benzene rings is 2. The third-order valence-corrected chi connectivity index (χ3v) is 5.41. The van der Waals surface area contributed by atoms with Crippen LogP contribution < -0.4 is 10.5 Å². The zero-order valence-corrected chi connectivity index (χ0v) is 15.0. The van der Waals surface area contributed by atoms with E-state index in [1.807, 2.05) is 54.6 Å². The Bertz CT molecular complexity index is 837. The number of carboxylic acids is 2. The molecule has 27 heavy (non-hydrogen) atoms. The maximum absolute atomic E-state index is 12.0. The summed E-state index contributed by atoms with van der Waals surface area (Å²) in [6.45, 7) is 0. The first-order valence-corrected chi connectivity index (χ1v) is 8.80. The highest BCUT2D eigenvalue weighted by Crippen LogP contribution is 2.49. The number of rotatable bonds is 8. The molecule has 4 N–H and O–H groups in total. The van der Waals surface area contributed by atoms with Crippen LogP contribution in [0.1, 0.15) is 29.9 Å². The third-order valence-electron chi connectivity index (χ3n) is 5.41. The number of nitrogens with two attached hydrogens (primary N) is 1. The fourth-order valence-corrected chi connectivity index (χ4v) is 3.74. The predicted molar refractivity (Wildman–Crippen MR) is 99.7 cm³/mol. The van der Waals surface area contributed by atoms with Crippen molar-refractivity contribution in [3.63, 3.8) is 0 Å². The van der Waals surface area contributed by atoms with E-state index in [1.165, 1.54) is 0 Å². The van der Waals surface area contributed by atoms with E-state index in [9.17, 15) is 19.8 Å². The Labute approximate surface area is 157 Å². The van der Waals surface area contributed by atoms with Crippen molar-refractivity contribution in [1.82, 2.24) is 0 Å². The minimum absolute atomic E-state index is 0.105. The molecule has 1 fully saturated rings. The monoisotopic (exact) mass is 369 g/mol. The number of methoxy groups -OCH3 is 1. The van der Waals surface area contributed by atoms with Gasteiger partial charge in [-0.15, -0.1) is 0 Å². The number of carboxylic acid groups (broad SMARTS) is 2. The van der Waals surface area contributed by atoms with Crippen molar-refractivity contribution in [1.29, 1.82) is 0 Å². The second-order valence-electron chi connectivity index (χ2n) is 7.08. The Morgan fingerprint density at radius 3 is 2.37 bits per heavy atom. The summed E-state index contributed by atoms with van der Waals surface area (Å²) in [5, 5.41) is 19.1. The molecule has 1 saturated carbocycles. The summed E-state index contributed by atoms with van der Waals surface area (Å²) >= 11 is 0. The van der Waals surface area contributed by atoms with Crippen molar-refractivity contribution >= 4 is 11.9 Å². The van der Waals surface area contributed by atoms with Gasteiger partial charge in [0, 0.05) is 11.8 Å². The van der Waals surface area contributed by atoms with E-state index in [0.29, 0.717) is 5.75 Å². The Morgan fingerprint density at radius 1 is 1.15 bits per heavy atom. The Kier molecular flexibility index (Phi) is 5.19. The van der Waals surface area contributed by atoms with Crippen LogP contribution in [0.2, 0.25) is 0 Å². The predicted octanol–water partition coefficient (Wildman–Crippen LogP) is 2.72. The molecule has 0 amide bonds. The van der Waals surface area contributed by atoms with Gasteiger partial charge in [0.15, 0.2) is 0 Å². The highest BCUT2D eigenvalue weighted by molar-refractivity contribution is 5.83. The molecule has 6 heteroatoms. The van der Waals surface area contributed by atoms with Gasteiger partial charge in [0.25, 0.3) is 0 Å². The quantitative estimate of drug-likeness (QED) is 0.660. The fourth-order valence-electron chi connectivity index (χ4n) is 3.74. The van der Waals surface area contributed by atoms with E-state index in [4.69, 9.17) is 10.5 Å². The van der Waals surface area contributed by atoms with Gasteiger partial charge in [-0.05, 0) is 36.1 Å². The van der Waals surface area contributed by atoms with Gasteiger partial charge in [-0.3, -0.25) is 9.59 Å². The average molecular weight is 369 g/mol. The molecule has 0 aliphatic heterocycles. The zero-order valence-electron chi connectivity index (χ0n) is 15.0. The van der Waals surface area contributed by atoms with Crippen LogP contribution in [0.3, 0.4) is 0 Å². The normalized spacial score (nSPS) is 21.7. The Morgan fingerprint density at radius 2 is 1.81 bits per heavy atom. The van der Waals surface area contributed by atoms with Gasteiger partial charge in [0.2, 0.25) is 0 Å². The molecule has 0 radical (unpaired) electrons. The van der Waals surface area contributed by atoms with Crippen LogP contribution in [-0.2, 0) is 9.59 Å². The summed E-state index contributed by atoms with van der Waals surface area (Å²) in [7, 11) is 1.57. The number of hydrogen-bond acceptors (Lipinski definition) is 4. The standard InChI is InChI=1S/C21H23NO5/c1-27-15-9-5-8-14(10-15)17(13-6-3-2-4-7-13)12-21(22,20(25)26)18-11-16(18)19(23)24/h2-10,16-18H,11-12,22H2,1H3,(H,23,24)(H,25,26). The number of carbonyl (C=O) groups is 2. The second kappa shape index (κ2) is 7.40. The molecule has 4 unspecified atom stereocenters. The largest absolute Gasteiger partial charge is 0.497 e. The molecule has 0 bridgehead atoms.